The number of likely N-dealkylation sites (tertiary alicyclic amines) is 1. The highest BCUT2D eigenvalue weighted by Gasteiger charge is 2.19. The Kier molecular flexibility index (Phi) is 5.58. The molecule has 1 saturated heterocycles. The van der Waals surface area contributed by atoms with Gasteiger partial charge in [0.2, 0.25) is 5.91 Å². The molecule has 1 fully saturated rings. The summed E-state index contributed by atoms with van der Waals surface area (Å²) in [6.07, 6.45) is 1.57. The number of aromatic nitrogens is 1. The zero-order valence-corrected chi connectivity index (χ0v) is 17.3. The third-order valence-corrected chi connectivity index (χ3v) is 5.38. The molecule has 5 nitrogen and oxygen atoms in total. The van der Waals surface area contributed by atoms with Crippen LogP contribution in [0, 0.1) is 6.92 Å². The minimum absolute atomic E-state index is 0.202. The van der Waals surface area contributed by atoms with Crippen molar-refractivity contribution in [3.63, 3.8) is 0 Å². The van der Waals surface area contributed by atoms with Crippen molar-refractivity contribution in [2.75, 3.05) is 26.8 Å². The summed E-state index contributed by atoms with van der Waals surface area (Å²) in [7, 11) is 1.65. The van der Waals surface area contributed by atoms with E-state index in [0.29, 0.717) is 30.3 Å². The average molecular weight is 411 g/mol. The van der Waals surface area contributed by atoms with Crippen molar-refractivity contribution >= 4 is 28.4 Å². The molecule has 1 aromatic heterocycles. The Morgan fingerprint density at radius 2 is 2.03 bits per heavy atom. The highest BCUT2D eigenvalue weighted by Crippen LogP contribution is 2.36. The maximum absolute atomic E-state index is 11.7. The van der Waals surface area contributed by atoms with Crippen LogP contribution in [0.1, 0.15) is 18.5 Å². The lowest BCUT2D eigenvalue weighted by Gasteiger charge is -2.16. The Morgan fingerprint density at radius 1 is 1.17 bits per heavy atom. The molecule has 0 N–H and O–H groups in total. The fourth-order valence-electron chi connectivity index (χ4n) is 3.72. The molecule has 0 spiro atoms. The van der Waals surface area contributed by atoms with Crippen molar-refractivity contribution in [2.24, 2.45) is 0 Å². The molecule has 0 atom stereocenters. The van der Waals surface area contributed by atoms with Gasteiger partial charge in [0.1, 0.15) is 23.6 Å². The predicted molar refractivity (Wildman–Crippen MR) is 115 cm³/mol. The van der Waals surface area contributed by atoms with Gasteiger partial charge in [-0.1, -0.05) is 17.7 Å². The van der Waals surface area contributed by atoms with Gasteiger partial charge in [0.15, 0.2) is 0 Å². The first-order chi connectivity index (χ1) is 14.0. The molecule has 150 valence electrons. The maximum atomic E-state index is 11.7. The van der Waals surface area contributed by atoms with Gasteiger partial charge in [0.05, 0.1) is 13.7 Å². The summed E-state index contributed by atoms with van der Waals surface area (Å²) in [5.41, 5.74) is 3.71. The minimum Gasteiger partial charge on any atom is -0.494 e. The van der Waals surface area contributed by atoms with E-state index in [1.807, 2.05) is 42.2 Å². The zero-order valence-electron chi connectivity index (χ0n) is 16.6. The summed E-state index contributed by atoms with van der Waals surface area (Å²) >= 11 is 6.38. The van der Waals surface area contributed by atoms with Gasteiger partial charge in [0, 0.05) is 29.1 Å². The number of halogens is 1. The van der Waals surface area contributed by atoms with Crippen LogP contribution >= 0.6 is 11.6 Å². The van der Waals surface area contributed by atoms with Gasteiger partial charge >= 0.3 is 0 Å². The summed E-state index contributed by atoms with van der Waals surface area (Å²) in [6, 6.07) is 13.7. The quantitative estimate of drug-likeness (QED) is 0.581. The first kappa shape index (κ1) is 19.5. The summed E-state index contributed by atoms with van der Waals surface area (Å²) in [4.78, 5) is 18.2. The first-order valence-electron chi connectivity index (χ1n) is 9.71. The van der Waals surface area contributed by atoms with Crippen molar-refractivity contribution in [1.82, 2.24) is 9.88 Å². The lowest BCUT2D eigenvalue weighted by Crippen LogP contribution is -2.29. The van der Waals surface area contributed by atoms with E-state index in [4.69, 9.17) is 21.1 Å². The third-order valence-electron chi connectivity index (χ3n) is 5.16. The maximum Gasteiger partial charge on any atom is 0.222 e. The van der Waals surface area contributed by atoms with Gasteiger partial charge < -0.3 is 14.4 Å². The number of carbonyl (C=O) groups is 1. The second-order valence-electron chi connectivity index (χ2n) is 7.17. The van der Waals surface area contributed by atoms with Gasteiger partial charge in [0.25, 0.3) is 0 Å². The predicted octanol–water partition coefficient (Wildman–Crippen LogP) is 4.87. The number of ether oxygens (including phenoxy) is 2. The van der Waals surface area contributed by atoms with Crippen LogP contribution in [-0.2, 0) is 4.79 Å². The Bertz CT molecular complexity index is 1070. The average Bonchev–Trinajstić information content (AvgIpc) is 3.11. The number of pyridine rings is 1. The van der Waals surface area contributed by atoms with Crippen molar-refractivity contribution in [1.29, 1.82) is 0 Å². The van der Waals surface area contributed by atoms with Crippen LogP contribution in [0.5, 0.6) is 11.5 Å². The van der Waals surface area contributed by atoms with Crippen molar-refractivity contribution in [3.05, 3.63) is 53.2 Å². The molecule has 1 aliphatic rings. The van der Waals surface area contributed by atoms with Gasteiger partial charge in [-0.25, -0.2) is 4.98 Å². The van der Waals surface area contributed by atoms with Gasteiger partial charge in [-0.05, 0) is 60.9 Å². The molecule has 6 heteroatoms. The Morgan fingerprint density at radius 3 is 2.79 bits per heavy atom. The Balaban J connectivity index is 1.63. The van der Waals surface area contributed by atoms with Gasteiger partial charge in [-0.15, -0.1) is 0 Å². The molecule has 2 heterocycles. The molecule has 2 aromatic carbocycles. The highest BCUT2D eigenvalue weighted by molar-refractivity contribution is 6.31. The number of nitrogens with zero attached hydrogens (tertiary/aromatic N) is 2. The van der Waals surface area contributed by atoms with Crippen molar-refractivity contribution in [2.45, 2.75) is 19.8 Å². The van der Waals surface area contributed by atoms with Crippen LogP contribution in [0.4, 0.5) is 0 Å². The van der Waals surface area contributed by atoms with Crippen LogP contribution in [0.15, 0.2) is 42.5 Å². The number of methoxy groups -OCH3 is 1. The summed E-state index contributed by atoms with van der Waals surface area (Å²) in [5.74, 6) is 1.62. The molecular formula is C23H23ClN2O3. The number of hydrogen-bond acceptors (Lipinski definition) is 4. The molecule has 0 saturated carbocycles. The topological polar surface area (TPSA) is 51.7 Å². The van der Waals surface area contributed by atoms with E-state index in [9.17, 15) is 4.79 Å². The number of hydrogen-bond donors (Lipinski definition) is 0. The highest BCUT2D eigenvalue weighted by atomic mass is 35.5. The smallest absolute Gasteiger partial charge is 0.222 e. The van der Waals surface area contributed by atoms with Crippen LogP contribution in [0.2, 0.25) is 5.02 Å². The second kappa shape index (κ2) is 8.29. The van der Waals surface area contributed by atoms with E-state index in [2.05, 4.69) is 11.1 Å². The third kappa shape index (κ3) is 4.15. The molecule has 3 aromatic rings. The fraction of sp³-hybridized carbons (Fsp3) is 0.304. The number of aryl methyl sites for hydroxylation is 1. The standard InChI is InChI=1S/C23H23ClN2O3/c1-15-5-6-20-19(7-8-21(28-2)23(20)25-15)16-12-17(24)14-18(13-16)29-11-10-26-9-3-4-22(26)27/h5-8,12-14H,3-4,9-11H2,1-2H3. The minimum atomic E-state index is 0.202. The van der Waals surface area contributed by atoms with Gasteiger partial charge in [-0.3, -0.25) is 4.79 Å². The molecule has 0 bridgehead atoms. The number of amides is 1. The van der Waals surface area contributed by atoms with Crippen LogP contribution in [-0.4, -0.2) is 42.6 Å². The van der Waals surface area contributed by atoms with Crippen LogP contribution in [0.25, 0.3) is 22.0 Å². The SMILES string of the molecule is COc1ccc(-c2cc(Cl)cc(OCCN3CCCC3=O)c2)c2ccc(C)nc12. The zero-order chi connectivity index (χ0) is 20.4. The monoisotopic (exact) mass is 410 g/mol. The van der Waals surface area contributed by atoms with E-state index in [0.717, 1.165) is 46.4 Å². The Labute approximate surface area is 175 Å². The lowest BCUT2D eigenvalue weighted by atomic mass is 9.99. The van der Waals surface area contributed by atoms with E-state index in [-0.39, 0.29) is 5.91 Å². The van der Waals surface area contributed by atoms with E-state index >= 15 is 0 Å². The number of carbonyl (C=O) groups excluding carboxylic acids is 1. The fourth-order valence-corrected chi connectivity index (χ4v) is 3.95. The Hall–Kier alpha value is -2.79. The van der Waals surface area contributed by atoms with Crippen molar-refractivity contribution in [3.8, 4) is 22.6 Å². The summed E-state index contributed by atoms with van der Waals surface area (Å²) in [5, 5.41) is 1.59. The van der Waals surface area contributed by atoms with E-state index in [1.54, 1.807) is 13.2 Å². The number of fused-ring (bicyclic) bond motifs is 1. The van der Waals surface area contributed by atoms with E-state index in [1.165, 1.54) is 0 Å². The van der Waals surface area contributed by atoms with E-state index < -0.39 is 0 Å². The number of benzene rings is 2. The van der Waals surface area contributed by atoms with Gasteiger partial charge in [-0.2, -0.15) is 0 Å². The molecule has 4 rings (SSSR count). The summed E-state index contributed by atoms with van der Waals surface area (Å²) in [6.45, 7) is 3.81. The van der Waals surface area contributed by atoms with Crippen LogP contribution in [0.3, 0.4) is 0 Å². The lowest BCUT2D eigenvalue weighted by molar-refractivity contribution is -0.128. The van der Waals surface area contributed by atoms with Crippen molar-refractivity contribution < 1.29 is 14.3 Å². The molecule has 29 heavy (non-hydrogen) atoms. The summed E-state index contributed by atoms with van der Waals surface area (Å²) < 4.78 is 11.4. The largest absolute Gasteiger partial charge is 0.494 e. The second-order valence-corrected chi connectivity index (χ2v) is 7.61. The molecule has 0 unspecified atom stereocenters. The molecular weight excluding hydrogens is 388 g/mol. The molecule has 0 radical (unpaired) electrons. The first-order valence-corrected chi connectivity index (χ1v) is 10.1. The number of rotatable bonds is 6. The molecule has 1 amide bonds. The molecule has 0 aliphatic carbocycles. The van der Waals surface area contributed by atoms with Crippen LogP contribution < -0.4 is 9.47 Å². The normalized spacial score (nSPS) is 13.9. The molecule has 1 aliphatic heterocycles.